The second-order valence-corrected chi connectivity index (χ2v) is 11.2. The summed E-state index contributed by atoms with van der Waals surface area (Å²) < 4.78 is 34.5. The van der Waals surface area contributed by atoms with Crippen LogP contribution in [0, 0.1) is 0 Å². The van der Waals surface area contributed by atoms with Gasteiger partial charge in [-0.1, -0.05) is 30.3 Å². The fraction of sp³-hybridized carbons (Fsp3) is 0.259. The van der Waals surface area contributed by atoms with Crippen LogP contribution in [0.1, 0.15) is 31.9 Å². The molecule has 0 saturated carbocycles. The summed E-state index contributed by atoms with van der Waals surface area (Å²) in [4.78, 5) is 15.1. The van der Waals surface area contributed by atoms with Crippen LogP contribution in [0.4, 0.5) is 5.69 Å². The number of hydrogen-bond acceptors (Lipinski definition) is 8. The molecule has 4 aromatic rings. The molecule has 0 aliphatic heterocycles. The highest BCUT2D eigenvalue weighted by Gasteiger charge is 2.21. The third kappa shape index (κ3) is 6.49. The van der Waals surface area contributed by atoms with Crippen molar-refractivity contribution in [3.8, 4) is 11.5 Å². The number of aromatic hydroxyl groups is 1. The number of carbonyl (C=O) groups is 1. The molecule has 0 fully saturated rings. The number of aromatic nitrogens is 2. The second-order valence-electron chi connectivity index (χ2n) is 9.54. The van der Waals surface area contributed by atoms with Gasteiger partial charge in [-0.05, 0) is 50.1 Å². The Morgan fingerprint density at radius 3 is 2.61 bits per heavy atom. The molecule has 0 saturated heterocycles. The largest absolute Gasteiger partial charge is 0.504 e. The Balaban J connectivity index is 1.36. The highest BCUT2D eigenvalue weighted by Crippen LogP contribution is 2.31. The van der Waals surface area contributed by atoms with Crippen molar-refractivity contribution in [1.29, 1.82) is 0 Å². The number of aliphatic hydroxyl groups excluding tert-OH is 1. The number of hydrogen-bond donors (Lipinski definition) is 4. The molecule has 1 aromatic heterocycles. The lowest BCUT2D eigenvalue weighted by Crippen LogP contribution is -2.42. The van der Waals surface area contributed by atoms with Crippen LogP contribution in [-0.4, -0.2) is 46.7 Å². The molecule has 0 spiro atoms. The molecule has 0 radical (unpaired) electrons. The monoisotopic (exact) mass is 538 g/mol. The number of phenols is 1. The van der Waals surface area contributed by atoms with E-state index in [1.807, 2.05) is 18.4 Å². The SMILES string of the molecule is CC(C)(CCn1cnc2cc(OC=O)c(O)cc21)NCC(O)c1cccc(NS(=O)(=O)c2ccccc2)c1. The van der Waals surface area contributed by atoms with E-state index in [0.29, 0.717) is 35.2 Å². The van der Waals surface area contributed by atoms with E-state index in [0.717, 1.165) is 0 Å². The third-order valence-corrected chi connectivity index (χ3v) is 7.60. The first kappa shape index (κ1) is 27.1. The van der Waals surface area contributed by atoms with Crippen molar-refractivity contribution in [2.75, 3.05) is 11.3 Å². The maximum absolute atomic E-state index is 12.6. The van der Waals surface area contributed by atoms with Gasteiger partial charge in [0.2, 0.25) is 0 Å². The van der Waals surface area contributed by atoms with E-state index in [2.05, 4.69) is 15.0 Å². The predicted molar refractivity (Wildman–Crippen MR) is 143 cm³/mol. The first-order valence-electron chi connectivity index (χ1n) is 12.0. The van der Waals surface area contributed by atoms with Crippen molar-refractivity contribution < 1.29 is 28.2 Å². The lowest BCUT2D eigenvalue weighted by atomic mass is 9.99. The summed E-state index contributed by atoms with van der Waals surface area (Å²) in [7, 11) is -3.74. The quantitative estimate of drug-likeness (QED) is 0.201. The number of benzene rings is 3. The minimum absolute atomic E-state index is 0.0469. The summed E-state index contributed by atoms with van der Waals surface area (Å²) >= 11 is 0. The molecule has 0 bridgehead atoms. The van der Waals surface area contributed by atoms with E-state index in [-0.39, 0.29) is 35.0 Å². The zero-order chi connectivity index (χ0) is 27.3. The molecule has 4 N–H and O–H groups in total. The molecule has 1 atom stereocenters. The molecule has 3 aromatic carbocycles. The van der Waals surface area contributed by atoms with Gasteiger partial charge in [-0.3, -0.25) is 9.52 Å². The van der Waals surface area contributed by atoms with Crippen molar-refractivity contribution in [3.63, 3.8) is 0 Å². The van der Waals surface area contributed by atoms with Crippen molar-refractivity contribution >= 4 is 33.2 Å². The Labute approximate surface area is 221 Å². The molecule has 10 nitrogen and oxygen atoms in total. The number of carbonyl (C=O) groups excluding carboxylic acids is 1. The van der Waals surface area contributed by atoms with E-state index >= 15 is 0 Å². The zero-order valence-electron chi connectivity index (χ0n) is 21.0. The molecule has 0 aliphatic rings. The van der Waals surface area contributed by atoms with Gasteiger partial charge in [0, 0.05) is 36.4 Å². The molecule has 1 unspecified atom stereocenters. The average molecular weight is 539 g/mol. The summed E-state index contributed by atoms with van der Waals surface area (Å²) in [5.41, 5.74) is 1.86. The van der Waals surface area contributed by atoms with E-state index in [4.69, 9.17) is 4.74 Å². The van der Waals surface area contributed by atoms with Crippen LogP contribution in [0.3, 0.4) is 0 Å². The van der Waals surface area contributed by atoms with Gasteiger partial charge in [0.25, 0.3) is 16.5 Å². The Kier molecular flexibility index (Phi) is 8.00. The van der Waals surface area contributed by atoms with Crippen LogP contribution in [0.5, 0.6) is 11.5 Å². The van der Waals surface area contributed by atoms with Crippen molar-refractivity contribution in [3.05, 3.63) is 78.6 Å². The number of nitrogens with one attached hydrogen (secondary N) is 2. The predicted octanol–water partition coefficient (Wildman–Crippen LogP) is 3.57. The molecule has 38 heavy (non-hydrogen) atoms. The number of ether oxygens (including phenoxy) is 1. The highest BCUT2D eigenvalue weighted by atomic mass is 32.2. The number of phenolic OH excluding ortho intramolecular Hbond substituents is 1. The van der Waals surface area contributed by atoms with E-state index in [1.165, 1.54) is 24.3 Å². The van der Waals surface area contributed by atoms with E-state index in [1.54, 1.807) is 48.8 Å². The number of β-amino-alcohol motifs (C(OH)–C–C–N with tert-alkyl or cyclic N) is 1. The molecule has 0 amide bonds. The minimum atomic E-state index is -3.74. The van der Waals surface area contributed by atoms with Gasteiger partial charge < -0.3 is 24.8 Å². The smallest absolute Gasteiger partial charge is 0.298 e. The number of rotatable bonds is 12. The Hall–Kier alpha value is -3.93. The molecular formula is C27H30N4O6S. The van der Waals surface area contributed by atoms with Gasteiger partial charge in [0.1, 0.15) is 0 Å². The summed E-state index contributed by atoms with van der Waals surface area (Å²) in [6.07, 6.45) is 1.47. The molecule has 0 aliphatic carbocycles. The van der Waals surface area contributed by atoms with Gasteiger partial charge in [0.15, 0.2) is 11.5 Å². The Morgan fingerprint density at radius 1 is 1.11 bits per heavy atom. The fourth-order valence-corrected chi connectivity index (χ4v) is 5.07. The summed E-state index contributed by atoms with van der Waals surface area (Å²) in [5.74, 6) is -0.106. The van der Waals surface area contributed by atoms with Crippen LogP contribution in [0.25, 0.3) is 11.0 Å². The van der Waals surface area contributed by atoms with E-state index in [9.17, 15) is 23.4 Å². The van der Waals surface area contributed by atoms with E-state index < -0.39 is 16.1 Å². The first-order chi connectivity index (χ1) is 18.1. The molecule has 11 heteroatoms. The van der Waals surface area contributed by atoms with Crippen molar-refractivity contribution in [1.82, 2.24) is 14.9 Å². The minimum Gasteiger partial charge on any atom is -0.504 e. The first-order valence-corrected chi connectivity index (χ1v) is 13.5. The maximum atomic E-state index is 12.6. The van der Waals surface area contributed by atoms with Gasteiger partial charge >= 0.3 is 0 Å². The van der Waals surface area contributed by atoms with Gasteiger partial charge in [-0.2, -0.15) is 0 Å². The van der Waals surface area contributed by atoms with Crippen LogP contribution in [0.2, 0.25) is 0 Å². The van der Waals surface area contributed by atoms with Crippen molar-refractivity contribution in [2.24, 2.45) is 0 Å². The number of aliphatic hydroxyl groups is 1. The third-order valence-electron chi connectivity index (χ3n) is 6.21. The Bertz CT molecular complexity index is 1520. The number of sulfonamides is 1. The molecule has 200 valence electrons. The zero-order valence-corrected chi connectivity index (χ0v) is 21.9. The summed E-state index contributed by atoms with van der Waals surface area (Å²) in [6.45, 7) is 5.10. The van der Waals surface area contributed by atoms with Crippen LogP contribution >= 0.6 is 0 Å². The topological polar surface area (TPSA) is 143 Å². The maximum Gasteiger partial charge on any atom is 0.298 e. The molecule has 4 rings (SSSR count). The second kappa shape index (κ2) is 11.2. The number of aryl methyl sites for hydroxylation is 1. The van der Waals surface area contributed by atoms with Crippen LogP contribution in [0.15, 0.2) is 78.0 Å². The summed E-state index contributed by atoms with van der Waals surface area (Å²) in [5, 5.41) is 24.3. The van der Waals surface area contributed by atoms with Gasteiger partial charge in [0.05, 0.1) is 28.4 Å². The Morgan fingerprint density at radius 2 is 1.87 bits per heavy atom. The summed E-state index contributed by atoms with van der Waals surface area (Å²) in [6, 6.07) is 17.8. The number of fused-ring (bicyclic) bond motifs is 1. The average Bonchev–Trinajstić information content (AvgIpc) is 3.28. The van der Waals surface area contributed by atoms with Crippen LogP contribution in [-0.2, 0) is 21.4 Å². The van der Waals surface area contributed by atoms with Gasteiger partial charge in [-0.15, -0.1) is 0 Å². The normalized spacial score (nSPS) is 12.8. The fourth-order valence-electron chi connectivity index (χ4n) is 4.00. The van der Waals surface area contributed by atoms with Gasteiger partial charge in [-0.25, -0.2) is 13.4 Å². The van der Waals surface area contributed by atoms with Crippen molar-refractivity contribution in [2.45, 2.75) is 43.4 Å². The standard InChI is InChI=1S/C27H30N4O6S/c1-27(2,11-12-31-17-28-22-14-26(37-18-32)24(33)15-23(22)31)29-16-25(34)19-7-6-8-20(13-19)30-38(35,36)21-9-4-3-5-10-21/h3-10,13-15,17-18,25,29-30,33-34H,11-12,16H2,1-2H3. The molecular weight excluding hydrogens is 508 g/mol. The number of nitrogens with zero attached hydrogens (tertiary/aromatic N) is 2. The van der Waals surface area contributed by atoms with Crippen LogP contribution < -0.4 is 14.8 Å². The molecule has 1 heterocycles. The number of anilines is 1. The lowest BCUT2D eigenvalue weighted by molar-refractivity contribution is -0.120. The number of imidazole rings is 1. The lowest BCUT2D eigenvalue weighted by Gasteiger charge is -2.28. The highest BCUT2D eigenvalue weighted by molar-refractivity contribution is 7.92.